The highest BCUT2D eigenvalue weighted by molar-refractivity contribution is 6.35. The van der Waals surface area contributed by atoms with Gasteiger partial charge in [0.1, 0.15) is 5.76 Å². The number of nitrogens with one attached hydrogen (secondary N) is 1. The Bertz CT molecular complexity index is 833. The van der Waals surface area contributed by atoms with Gasteiger partial charge in [0.05, 0.1) is 12.1 Å². The van der Waals surface area contributed by atoms with Crippen molar-refractivity contribution in [2.45, 2.75) is 12.8 Å². The molecule has 1 heterocycles. The molecule has 0 atom stereocenters. The van der Waals surface area contributed by atoms with Crippen LogP contribution in [0.3, 0.4) is 0 Å². The zero-order valence-electron chi connectivity index (χ0n) is 14.4. The molecule has 9 heteroatoms. The molecule has 0 bridgehead atoms. The van der Waals surface area contributed by atoms with Crippen LogP contribution in [-0.2, 0) is 19.1 Å². The van der Waals surface area contributed by atoms with Crippen LogP contribution < -0.4 is 5.32 Å². The van der Waals surface area contributed by atoms with E-state index >= 15 is 0 Å². The summed E-state index contributed by atoms with van der Waals surface area (Å²) in [6.07, 6.45) is 0.617. The predicted octanol–water partition coefficient (Wildman–Crippen LogP) is 3.48. The van der Waals surface area contributed by atoms with Crippen LogP contribution in [0.15, 0.2) is 34.7 Å². The summed E-state index contributed by atoms with van der Waals surface area (Å²) in [5.74, 6) is -1.35. The molecule has 0 aliphatic rings. The number of ether oxygens (including phenoxy) is 2. The Morgan fingerprint density at radius 3 is 2.67 bits per heavy atom. The number of hydrogen-bond acceptors (Lipinski definition) is 6. The Hall–Kier alpha value is -2.51. The smallest absolute Gasteiger partial charge is 0.374 e. The summed E-state index contributed by atoms with van der Waals surface area (Å²) in [6.45, 7) is -0.200. The first kappa shape index (κ1) is 20.8. The van der Waals surface area contributed by atoms with E-state index in [4.69, 9.17) is 32.4 Å². The number of carbonyl (C=O) groups is 3. The van der Waals surface area contributed by atoms with Gasteiger partial charge < -0.3 is 19.2 Å². The summed E-state index contributed by atoms with van der Waals surface area (Å²) in [7, 11) is 1.29. The number of furan rings is 1. The third-order valence-electron chi connectivity index (χ3n) is 3.44. The van der Waals surface area contributed by atoms with Gasteiger partial charge in [-0.25, -0.2) is 4.79 Å². The molecule has 0 aliphatic heterocycles. The minimum absolute atomic E-state index is 0.0699. The lowest BCUT2D eigenvalue weighted by atomic mass is 10.2. The number of amides is 1. The molecule has 1 aromatic carbocycles. The monoisotopic (exact) mass is 413 g/mol. The van der Waals surface area contributed by atoms with Crippen molar-refractivity contribution in [1.29, 1.82) is 0 Å². The van der Waals surface area contributed by atoms with Gasteiger partial charge in [0.15, 0.2) is 6.61 Å². The highest BCUT2D eigenvalue weighted by Gasteiger charge is 2.16. The maximum Gasteiger partial charge on any atom is 0.374 e. The van der Waals surface area contributed by atoms with E-state index in [0.29, 0.717) is 27.8 Å². The molecule has 0 aliphatic carbocycles. The van der Waals surface area contributed by atoms with Crippen LogP contribution in [0.4, 0.5) is 0 Å². The van der Waals surface area contributed by atoms with Crippen LogP contribution >= 0.6 is 23.2 Å². The molecule has 0 spiro atoms. The Morgan fingerprint density at radius 2 is 1.93 bits per heavy atom. The Labute approximate surface area is 165 Å². The van der Waals surface area contributed by atoms with Crippen LogP contribution in [0.2, 0.25) is 10.0 Å². The quantitative estimate of drug-likeness (QED) is 0.525. The second kappa shape index (κ2) is 9.99. The van der Waals surface area contributed by atoms with E-state index in [-0.39, 0.29) is 24.7 Å². The molecule has 7 nitrogen and oxygen atoms in total. The molecule has 2 aromatic rings. The van der Waals surface area contributed by atoms with Gasteiger partial charge in [-0.15, -0.1) is 0 Å². The molecule has 0 radical (unpaired) electrons. The zero-order chi connectivity index (χ0) is 19.8. The third kappa shape index (κ3) is 6.30. The Morgan fingerprint density at radius 1 is 1.15 bits per heavy atom. The number of halogens is 2. The van der Waals surface area contributed by atoms with Crippen molar-refractivity contribution in [3.8, 4) is 11.3 Å². The molecule has 1 amide bonds. The maximum atomic E-state index is 12.0. The van der Waals surface area contributed by atoms with Gasteiger partial charge in [0, 0.05) is 23.6 Å². The summed E-state index contributed by atoms with van der Waals surface area (Å²) in [4.78, 5) is 34.6. The van der Waals surface area contributed by atoms with Gasteiger partial charge in [0.25, 0.3) is 5.91 Å². The average Bonchev–Trinajstić information content (AvgIpc) is 3.15. The van der Waals surface area contributed by atoms with Crippen LogP contribution in [-0.4, -0.2) is 38.1 Å². The SMILES string of the molecule is COC(=O)CCCNC(=O)COC(=O)c1ccc(-c2cc(Cl)ccc2Cl)o1. The van der Waals surface area contributed by atoms with Crippen molar-refractivity contribution < 1.29 is 28.3 Å². The molecule has 0 fully saturated rings. The van der Waals surface area contributed by atoms with E-state index < -0.39 is 18.5 Å². The summed E-state index contributed by atoms with van der Waals surface area (Å²) < 4.78 is 14.8. The van der Waals surface area contributed by atoms with Gasteiger partial charge in [-0.2, -0.15) is 0 Å². The van der Waals surface area contributed by atoms with Crippen molar-refractivity contribution >= 4 is 41.0 Å². The van der Waals surface area contributed by atoms with E-state index in [1.165, 1.54) is 13.2 Å². The van der Waals surface area contributed by atoms with E-state index in [2.05, 4.69) is 10.1 Å². The van der Waals surface area contributed by atoms with Crippen molar-refractivity contribution in [2.75, 3.05) is 20.3 Å². The second-order valence-electron chi connectivity index (χ2n) is 5.39. The van der Waals surface area contributed by atoms with Crippen molar-refractivity contribution in [3.05, 3.63) is 46.1 Å². The fourth-order valence-electron chi connectivity index (χ4n) is 2.09. The highest BCUT2D eigenvalue weighted by Crippen LogP contribution is 2.31. The highest BCUT2D eigenvalue weighted by atomic mass is 35.5. The number of methoxy groups -OCH3 is 1. The molecule has 0 saturated carbocycles. The zero-order valence-corrected chi connectivity index (χ0v) is 15.9. The molecule has 1 N–H and O–H groups in total. The lowest BCUT2D eigenvalue weighted by Gasteiger charge is -2.05. The largest absolute Gasteiger partial charge is 0.469 e. The summed E-state index contributed by atoms with van der Waals surface area (Å²) in [5, 5.41) is 3.41. The minimum Gasteiger partial charge on any atom is -0.469 e. The van der Waals surface area contributed by atoms with E-state index in [9.17, 15) is 14.4 Å². The fraction of sp³-hybridized carbons (Fsp3) is 0.278. The maximum absolute atomic E-state index is 12.0. The Balaban J connectivity index is 1.83. The van der Waals surface area contributed by atoms with Gasteiger partial charge in [0.2, 0.25) is 5.76 Å². The van der Waals surface area contributed by atoms with E-state index in [1.807, 2.05) is 0 Å². The van der Waals surface area contributed by atoms with Crippen LogP contribution in [0, 0.1) is 0 Å². The van der Waals surface area contributed by atoms with E-state index in [0.717, 1.165) is 0 Å². The van der Waals surface area contributed by atoms with Crippen molar-refractivity contribution in [2.24, 2.45) is 0 Å². The number of rotatable bonds is 8. The first-order valence-corrected chi connectivity index (χ1v) is 8.72. The van der Waals surface area contributed by atoms with Crippen LogP contribution in [0.25, 0.3) is 11.3 Å². The summed E-state index contributed by atoms with van der Waals surface area (Å²) >= 11 is 12.0. The molecule has 1 aromatic heterocycles. The molecular formula is C18H17Cl2NO6. The van der Waals surface area contributed by atoms with Gasteiger partial charge in [-0.05, 0) is 36.8 Å². The first-order chi connectivity index (χ1) is 12.9. The van der Waals surface area contributed by atoms with Crippen LogP contribution in [0.5, 0.6) is 0 Å². The standard InChI is InChI=1S/C18H17Cl2NO6/c1-25-17(23)3-2-8-21-16(22)10-26-18(24)15-7-6-14(27-15)12-9-11(19)4-5-13(12)20/h4-7,9H,2-3,8,10H2,1H3,(H,21,22). The molecule has 27 heavy (non-hydrogen) atoms. The normalized spacial score (nSPS) is 10.3. The minimum atomic E-state index is -0.788. The van der Waals surface area contributed by atoms with Crippen LogP contribution in [0.1, 0.15) is 23.4 Å². The second-order valence-corrected chi connectivity index (χ2v) is 6.24. The van der Waals surface area contributed by atoms with Crippen molar-refractivity contribution in [3.63, 3.8) is 0 Å². The number of benzene rings is 1. The van der Waals surface area contributed by atoms with E-state index in [1.54, 1.807) is 24.3 Å². The molecule has 0 saturated heterocycles. The topological polar surface area (TPSA) is 94.8 Å². The first-order valence-electron chi connectivity index (χ1n) is 7.96. The molecule has 144 valence electrons. The Kier molecular flexibility index (Phi) is 7.69. The molecule has 0 unspecified atom stereocenters. The predicted molar refractivity (Wildman–Crippen MR) is 98.7 cm³/mol. The molecular weight excluding hydrogens is 397 g/mol. The lowest BCUT2D eigenvalue weighted by molar-refractivity contribution is -0.140. The van der Waals surface area contributed by atoms with Gasteiger partial charge >= 0.3 is 11.9 Å². The number of hydrogen-bond donors (Lipinski definition) is 1. The average molecular weight is 414 g/mol. The molecule has 2 rings (SSSR count). The number of esters is 2. The third-order valence-corrected chi connectivity index (χ3v) is 4.01. The number of carbonyl (C=O) groups excluding carboxylic acids is 3. The lowest BCUT2D eigenvalue weighted by Crippen LogP contribution is -2.29. The van der Waals surface area contributed by atoms with Gasteiger partial charge in [-0.1, -0.05) is 23.2 Å². The fourth-order valence-corrected chi connectivity index (χ4v) is 2.48. The van der Waals surface area contributed by atoms with Gasteiger partial charge in [-0.3, -0.25) is 9.59 Å². The summed E-state index contributed by atoms with van der Waals surface area (Å²) in [6, 6.07) is 7.84. The summed E-state index contributed by atoms with van der Waals surface area (Å²) in [5.41, 5.74) is 0.534. The van der Waals surface area contributed by atoms with Crippen molar-refractivity contribution in [1.82, 2.24) is 5.32 Å².